The summed E-state index contributed by atoms with van der Waals surface area (Å²) >= 11 is 12.8. The maximum absolute atomic E-state index is 12.1. The van der Waals surface area contributed by atoms with Crippen molar-refractivity contribution in [1.29, 1.82) is 0 Å². The third-order valence-electron chi connectivity index (χ3n) is 3.59. The van der Waals surface area contributed by atoms with E-state index in [9.17, 15) is 9.59 Å². The standard InChI is InChI=1S/C16H13Cl2NO3S/c17-14(18)15(20)19-6-1-2-10-8-12(3-4-13(10)19)22-16(21)11-5-7-23-9-11/h3-5,7-9,14H,1-2,6H2. The molecule has 7 heteroatoms. The van der Waals surface area contributed by atoms with Crippen LogP contribution >= 0.6 is 34.5 Å². The average Bonchev–Trinajstić information content (AvgIpc) is 3.08. The highest BCUT2D eigenvalue weighted by molar-refractivity contribution is 7.08. The summed E-state index contributed by atoms with van der Waals surface area (Å²) in [6, 6.07) is 6.94. The van der Waals surface area contributed by atoms with E-state index in [1.165, 1.54) is 11.3 Å². The second-order valence-electron chi connectivity index (χ2n) is 5.09. The lowest BCUT2D eigenvalue weighted by atomic mass is 10.0. The molecule has 0 fully saturated rings. The number of nitrogens with zero attached hydrogens (tertiary/aromatic N) is 1. The average molecular weight is 370 g/mol. The number of aryl methyl sites for hydroxylation is 1. The van der Waals surface area contributed by atoms with Gasteiger partial charge in [-0.2, -0.15) is 11.3 Å². The highest BCUT2D eigenvalue weighted by Gasteiger charge is 2.26. The number of benzene rings is 1. The third-order valence-corrected chi connectivity index (χ3v) is 4.65. The van der Waals surface area contributed by atoms with E-state index >= 15 is 0 Å². The summed E-state index contributed by atoms with van der Waals surface area (Å²) in [5.74, 6) is -0.267. The van der Waals surface area contributed by atoms with Crippen LogP contribution < -0.4 is 9.64 Å². The van der Waals surface area contributed by atoms with Gasteiger partial charge in [-0.15, -0.1) is 0 Å². The first kappa shape index (κ1) is 16.3. The van der Waals surface area contributed by atoms with Gasteiger partial charge in [-0.3, -0.25) is 4.79 Å². The van der Waals surface area contributed by atoms with Crippen molar-refractivity contribution in [3.63, 3.8) is 0 Å². The van der Waals surface area contributed by atoms with Crippen molar-refractivity contribution in [2.24, 2.45) is 0 Å². The molecule has 4 nitrogen and oxygen atoms in total. The Morgan fingerprint density at radius 3 is 2.78 bits per heavy atom. The smallest absolute Gasteiger partial charge is 0.344 e. The van der Waals surface area contributed by atoms with Gasteiger partial charge in [0.15, 0.2) is 4.84 Å². The third kappa shape index (κ3) is 3.52. The van der Waals surface area contributed by atoms with E-state index in [0.29, 0.717) is 17.9 Å². The van der Waals surface area contributed by atoms with Crippen LogP contribution in [0.2, 0.25) is 0 Å². The monoisotopic (exact) mass is 369 g/mol. The number of carbonyl (C=O) groups excluding carboxylic acids is 2. The Morgan fingerprint density at radius 2 is 2.09 bits per heavy atom. The summed E-state index contributed by atoms with van der Waals surface area (Å²) < 4.78 is 5.38. The number of esters is 1. The largest absolute Gasteiger partial charge is 0.423 e. The molecule has 0 spiro atoms. The van der Waals surface area contributed by atoms with Crippen molar-refractivity contribution in [3.05, 3.63) is 46.2 Å². The van der Waals surface area contributed by atoms with E-state index in [0.717, 1.165) is 24.1 Å². The molecule has 3 rings (SSSR count). The van der Waals surface area contributed by atoms with Gasteiger partial charge in [-0.25, -0.2) is 4.79 Å². The fourth-order valence-electron chi connectivity index (χ4n) is 2.53. The van der Waals surface area contributed by atoms with E-state index in [2.05, 4.69) is 0 Å². The maximum Gasteiger partial charge on any atom is 0.344 e. The summed E-state index contributed by atoms with van der Waals surface area (Å²) in [5.41, 5.74) is 2.23. The van der Waals surface area contributed by atoms with E-state index in [1.807, 2.05) is 5.38 Å². The van der Waals surface area contributed by atoms with Crippen LogP contribution in [0.5, 0.6) is 5.75 Å². The predicted molar refractivity (Wildman–Crippen MR) is 91.9 cm³/mol. The lowest BCUT2D eigenvalue weighted by molar-refractivity contribution is -0.117. The molecule has 2 aromatic rings. The molecule has 0 unspecified atom stereocenters. The van der Waals surface area contributed by atoms with Crippen LogP contribution in [-0.2, 0) is 11.2 Å². The first-order valence-corrected chi connectivity index (χ1v) is 8.84. The molecule has 1 aromatic heterocycles. The molecule has 1 aromatic carbocycles. The lowest BCUT2D eigenvalue weighted by Gasteiger charge is -2.30. The molecule has 0 N–H and O–H groups in total. The Kier molecular flexibility index (Phi) is 4.90. The topological polar surface area (TPSA) is 46.6 Å². The Balaban J connectivity index is 1.82. The number of carbonyl (C=O) groups is 2. The molecule has 0 saturated heterocycles. The molecule has 1 aliphatic rings. The fourth-order valence-corrected chi connectivity index (χ4v) is 3.39. The molecular formula is C16H13Cl2NO3S. The molecule has 23 heavy (non-hydrogen) atoms. The lowest BCUT2D eigenvalue weighted by Crippen LogP contribution is -2.38. The number of thiophene rings is 1. The number of hydrogen-bond acceptors (Lipinski definition) is 4. The summed E-state index contributed by atoms with van der Waals surface area (Å²) in [5, 5.41) is 3.56. The van der Waals surface area contributed by atoms with Crippen LogP contribution in [0.1, 0.15) is 22.3 Å². The molecule has 1 aliphatic heterocycles. The van der Waals surface area contributed by atoms with Crippen molar-refractivity contribution in [2.45, 2.75) is 17.7 Å². The Bertz CT molecular complexity index is 731. The minimum Gasteiger partial charge on any atom is -0.423 e. The zero-order valence-electron chi connectivity index (χ0n) is 12.0. The van der Waals surface area contributed by atoms with Gasteiger partial charge in [0.25, 0.3) is 5.91 Å². The highest BCUT2D eigenvalue weighted by Crippen LogP contribution is 2.32. The number of amides is 1. The van der Waals surface area contributed by atoms with Crippen molar-refractivity contribution in [2.75, 3.05) is 11.4 Å². The summed E-state index contributed by atoms with van der Waals surface area (Å²) in [4.78, 5) is 24.5. The Hall–Kier alpha value is -1.56. The maximum atomic E-state index is 12.1. The van der Waals surface area contributed by atoms with Crippen molar-refractivity contribution in [1.82, 2.24) is 0 Å². The van der Waals surface area contributed by atoms with Gasteiger partial charge in [-0.05, 0) is 48.1 Å². The van der Waals surface area contributed by atoms with E-state index in [1.54, 1.807) is 34.5 Å². The Morgan fingerprint density at radius 1 is 1.26 bits per heavy atom. The SMILES string of the molecule is O=C(Oc1ccc2c(c1)CCCN2C(=O)C(Cl)Cl)c1ccsc1. The van der Waals surface area contributed by atoms with Crippen LogP contribution in [0.25, 0.3) is 0 Å². The van der Waals surface area contributed by atoms with Gasteiger partial charge in [-0.1, -0.05) is 23.2 Å². The molecule has 1 amide bonds. The summed E-state index contributed by atoms with van der Waals surface area (Å²) in [7, 11) is 0. The second-order valence-corrected chi connectivity index (χ2v) is 6.96. The molecule has 0 bridgehead atoms. The quantitative estimate of drug-likeness (QED) is 0.465. The van der Waals surface area contributed by atoms with Gasteiger partial charge in [0.1, 0.15) is 5.75 Å². The molecular weight excluding hydrogens is 357 g/mol. The number of rotatable bonds is 3. The van der Waals surface area contributed by atoms with E-state index < -0.39 is 10.8 Å². The molecule has 0 saturated carbocycles. The number of halogens is 2. The first-order valence-electron chi connectivity index (χ1n) is 7.03. The molecule has 0 atom stereocenters. The zero-order valence-corrected chi connectivity index (χ0v) is 14.3. The van der Waals surface area contributed by atoms with E-state index in [-0.39, 0.29) is 5.91 Å². The minimum absolute atomic E-state index is 0.336. The van der Waals surface area contributed by atoms with Crippen LogP contribution in [0, 0.1) is 0 Å². The number of alkyl halides is 2. The van der Waals surface area contributed by atoms with Crippen molar-refractivity contribution < 1.29 is 14.3 Å². The Labute approximate surface area is 147 Å². The van der Waals surface area contributed by atoms with Gasteiger partial charge < -0.3 is 9.64 Å². The number of anilines is 1. The van der Waals surface area contributed by atoms with E-state index in [4.69, 9.17) is 27.9 Å². The number of ether oxygens (including phenoxy) is 1. The molecule has 0 radical (unpaired) electrons. The van der Waals surface area contributed by atoms with Gasteiger partial charge in [0.05, 0.1) is 5.56 Å². The van der Waals surface area contributed by atoms with Gasteiger partial charge >= 0.3 is 5.97 Å². The second kappa shape index (κ2) is 6.91. The van der Waals surface area contributed by atoms with Gasteiger partial charge in [0.2, 0.25) is 0 Å². The molecule has 2 heterocycles. The molecule has 120 valence electrons. The van der Waals surface area contributed by atoms with Crippen LogP contribution in [0.3, 0.4) is 0 Å². The van der Waals surface area contributed by atoms with Crippen LogP contribution in [0.15, 0.2) is 35.0 Å². The fraction of sp³-hybridized carbons (Fsp3) is 0.250. The number of hydrogen-bond donors (Lipinski definition) is 0. The van der Waals surface area contributed by atoms with Crippen LogP contribution in [0.4, 0.5) is 5.69 Å². The van der Waals surface area contributed by atoms with Crippen molar-refractivity contribution in [3.8, 4) is 5.75 Å². The zero-order chi connectivity index (χ0) is 16.4. The summed E-state index contributed by atoms with van der Waals surface area (Å²) in [6.07, 6.45) is 1.61. The predicted octanol–water partition coefficient (Wildman–Crippen LogP) is 4.05. The highest BCUT2D eigenvalue weighted by atomic mass is 35.5. The van der Waals surface area contributed by atoms with Crippen molar-refractivity contribution >= 4 is 52.1 Å². The first-order chi connectivity index (χ1) is 11.1. The molecule has 0 aliphatic carbocycles. The number of fused-ring (bicyclic) bond motifs is 1. The minimum atomic E-state index is -1.09. The van der Waals surface area contributed by atoms with Crippen LogP contribution in [-0.4, -0.2) is 23.3 Å². The van der Waals surface area contributed by atoms with Gasteiger partial charge in [0, 0.05) is 17.6 Å². The normalized spacial score (nSPS) is 13.8. The summed E-state index contributed by atoms with van der Waals surface area (Å²) in [6.45, 7) is 0.579.